The van der Waals surface area contributed by atoms with E-state index in [-0.39, 0.29) is 0 Å². The monoisotopic (exact) mass is 215 g/mol. The second-order valence-electron chi connectivity index (χ2n) is 3.28. The lowest BCUT2D eigenvalue weighted by atomic mass is 10.0. The highest BCUT2D eigenvalue weighted by atomic mass is 16.1. The third-order valence-corrected chi connectivity index (χ3v) is 2.35. The molecule has 0 spiro atoms. The average molecular weight is 215 g/mol. The van der Waals surface area contributed by atoms with Crippen molar-refractivity contribution >= 4 is 12.6 Å². The summed E-state index contributed by atoms with van der Waals surface area (Å²) in [4.78, 5) is 23.3. The summed E-state index contributed by atoms with van der Waals surface area (Å²) in [6, 6.07) is 3.47. The molecule has 0 saturated carbocycles. The van der Waals surface area contributed by atoms with E-state index >= 15 is 0 Å². The Balaban J connectivity index is 2.72. The largest absolute Gasteiger partial charge is 0.298 e. The van der Waals surface area contributed by atoms with Crippen LogP contribution in [0.25, 0.3) is 5.69 Å². The van der Waals surface area contributed by atoms with Gasteiger partial charge in [-0.05, 0) is 18.6 Å². The van der Waals surface area contributed by atoms with Crippen LogP contribution in [-0.4, -0.2) is 27.6 Å². The summed E-state index contributed by atoms with van der Waals surface area (Å²) in [5.41, 5.74) is 1.96. The van der Waals surface area contributed by atoms with Gasteiger partial charge in [-0.25, -0.2) is 0 Å². The van der Waals surface area contributed by atoms with Gasteiger partial charge in [0.1, 0.15) is 0 Å². The fraction of sp³-hybridized carbons (Fsp3) is 0.0909. The SMILES string of the molecule is Cc1ccc(-n2nccn2)c(C=O)c1C=O. The van der Waals surface area contributed by atoms with Crippen molar-refractivity contribution in [2.45, 2.75) is 6.92 Å². The van der Waals surface area contributed by atoms with Crippen LogP contribution in [0, 0.1) is 6.92 Å². The molecule has 80 valence electrons. The van der Waals surface area contributed by atoms with Crippen molar-refractivity contribution < 1.29 is 9.59 Å². The minimum absolute atomic E-state index is 0.311. The minimum atomic E-state index is 0.311. The summed E-state index contributed by atoms with van der Waals surface area (Å²) in [5, 5.41) is 7.86. The molecule has 1 heterocycles. The first-order valence-corrected chi connectivity index (χ1v) is 4.68. The summed E-state index contributed by atoms with van der Waals surface area (Å²) in [6.07, 6.45) is 4.34. The molecule has 0 fully saturated rings. The highest BCUT2D eigenvalue weighted by molar-refractivity contribution is 5.95. The van der Waals surface area contributed by atoms with Gasteiger partial charge >= 0.3 is 0 Å². The second kappa shape index (κ2) is 4.06. The molecule has 0 N–H and O–H groups in total. The Kier molecular flexibility index (Phi) is 2.59. The molecule has 1 aromatic carbocycles. The molecule has 0 amide bonds. The smallest absolute Gasteiger partial charge is 0.153 e. The number of benzene rings is 1. The van der Waals surface area contributed by atoms with E-state index in [1.807, 2.05) is 0 Å². The Morgan fingerprint density at radius 1 is 1.06 bits per heavy atom. The number of aldehydes is 2. The Labute approximate surface area is 91.7 Å². The molecule has 0 aliphatic heterocycles. The first-order valence-electron chi connectivity index (χ1n) is 4.68. The van der Waals surface area contributed by atoms with E-state index in [4.69, 9.17) is 0 Å². The van der Waals surface area contributed by atoms with Crippen molar-refractivity contribution in [3.05, 3.63) is 41.2 Å². The van der Waals surface area contributed by atoms with E-state index in [0.717, 1.165) is 5.56 Å². The van der Waals surface area contributed by atoms with Crippen molar-refractivity contribution in [2.24, 2.45) is 0 Å². The zero-order valence-corrected chi connectivity index (χ0v) is 8.62. The highest BCUT2D eigenvalue weighted by Crippen LogP contribution is 2.18. The number of aromatic nitrogens is 3. The molecule has 0 bridgehead atoms. The molecule has 0 unspecified atom stereocenters. The molecule has 1 aromatic heterocycles. The van der Waals surface area contributed by atoms with Crippen molar-refractivity contribution in [3.63, 3.8) is 0 Å². The first kappa shape index (κ1) is 10.2. The van der Waals surface area contributed by atoms with Crippen LogP contribution in [0.3, 0.4) is 0 Å². The number of carbonyl (C=O) groups excluding carboxylic acids is 2. The normalized spacial score (nSPS) is 10.1. The van der Waals surface area contributed by atoms with Crippen molar-refractivity contribution in [1.82, 2.24) is 15.0 Å². The lowest BCUT2D eigenvalue weighted by Gasteiger charge is -2.07. The van der Waals surface area contributed by atoms with Crippen LogP contribution in [0.15, 0.2) is 24.5 Å². The van der Waals surface area contributed by atoms with Gasteiger partial charge in [0.2, 0.25) is 0 Å². The fourth-order valence-electron chi connectivity index (χ4n) is 1.53. The molecule has 2 aromatic rings. The van der Waals surface area contributed by atoms with Crippen molar-refractivity contribution in [1.29, 1.82) is 0 Å². The number of hydrogen-bond donors (Lipinski definition) is 0. The molecule has 5 nitrogen and oxygen atoms in total. The van der Waals surface area contributed by atoms with Crippen LogP contribution in [0.2, 0.25) is 0 Å². The molecule has 0 aliphatic rings. The maximum Gasteiger partial charge on any atom is 0.153 e. The van der Waals surface area contributed by atoms with Crippen LogP contribution in [-0.2, 0) is 0 Å². The van der Waals surface area contributed by atoms with Gasteiger partial charge in [-0.1, -0.05) is 6.07 Å². The number of hydrogen-bond acceptors (Lipinski definition) is 4. The number of aryl methyl sites for hydroxylation is 1. The summed E-state index contributed by atoms with van der Waals surface area (Å²) in [7, 11) is 0. The topological polar surface area (TPSA) is 64.8 Å². The standard InChI is InChI=1S/C11H9N3O2/c1-8-2-3-11(14-12-4-5-13-14)10(7-16)9(8)6-15/h2-7H,1H3. The van der Waals surface area contributed by atoms with Gasteiger partial charge in [0.15, 0.2) is 12.6 Å². The zero-order valence-electron chi connectivity index (χ0n) is 8.62. The quantitative estimate of drug-likeness (QED) is 0.721. The predicted molar refractivity (Wildman–Crippen MR) is 56.9 cm³/mol. The highest BCUT2D eigenvalue weighted by Gasteiger charge is 2.12. The van der Waals surface area contributed by atoms with Crippen LogP contribution < -0.4 is 0 Å². The van der Waals surface area contributed by atoms with Gasteiger partial charge in [0.25, 0.3) is 0 Å². The average Bonchev–Trinajstić information content (AvgIpc) is 2.81. The third-order valence-electron chi connectivity index (χ3n) is 2.35. The summed E-state index contributed by atoms with van der Waals surface area (Å²) >= 11 is 0. The van der Waals surface area contributed by atoms with Gasteiger partial charge in [0.05, 0.1) is 23.6 Å². The van der Waals surface area contributed by atoms with Crippen LogP contribution in [0.4, 0.5) is 0 Å². The summed E-state index contributed by atoms with van der Waals surface area (Å²) < 4.78 is 0. The van der Waals surface area contributed by atoms with Gasteiger partial charge in [-0.2, -0.15) is 15.0 Å². The molecule has 5 heteroatoms. The molecule has 0 radical (unpaired) electrons. The molecule has 2 rings (SSSR count). The minimum Gasteiger partial charge on any atom is -0.298 e. The molecule has 0 atom stereocenters. The van der Waals surface area contributed by atoms with E-state index in [1.54, 1.807) is 19.1 Å². The molecular weight excluding hydrogens is 206 g/mol. The van der Waals surface area contributed by atoms with Crippen LogP contribution in [0.1, 0.15) is 26.3 Å². The number of rotatable bonds is 3. The Morgan fingerprint density at radius 2 is 1.69 bits per heavy atom. The molecular formula is C11H9N3O2. The lowest BCUT2D eigenvalue weighted by molar-refractivity contribution is 0.109. The van der Waals surface area contributed by atoms with Crippen molar-refractivity contribution in [2.75, 3.05) is 0 Å². The third kappa shape index (κ3) is 1.52. The summed E-state index contributed by atoms with van der Waals surface area (Å²) in [5.74, 6) is 0. The Morgan fingerprint density at radius 3 is 2.25 bits per heavy atom. The Hall–Kier alpha value is -2.30. The van der Waals surface area contributed by atoms with E-state index in [0.29, 0.717) is 29.4 Å². The van der Waals surface area contributed by atoms with Crippen molar-refractivity contribution in [3.8, 4) is 5.69 Å². The van der Waals surface area contributed by atoms with Gasteiger partial charge < -0.3 is 0 Å². The number of carbonyl (C=O) groups is 2. The second-order valence-corrected chi connectivity index (χ2v) is 3.28. The summed E-state index contributed by atoms with van der Waals surface area (Å²) in [6.45, 7) is 1.77. The molecule has 0 saturated heterocycles. The maximum atomic E-state index is 11.0. The first-order chi connectivity index (χ1) is 7.77. The van der Waals surface area contributed by atoms with E-state index < -0.39 is 0 Å². The predicted octanol–water partition coefficient (Wildman–Crippen LogP) is 1.20. The van der Waals surface area contributed by atoms with E-state index in [1.165, 1.54) is 17.2 Å². The van der Waals surface area contributed by atoms with Gasteiger partial charge in [0, 0.05) is 5.56 Å². The van der Waals surface area contributed by atoms with E-state index in [2.05, 4.69) is 10.2 Å². The molecule has 16 heavy (non-hydrogen) atoms. The molecule has 0 aliphatic carbocycles. The fourth-order valence-corrected chi connectivity index (χ4v) is 1.53. The van der Waals surface area contributed by atoms with E-state index in [9.17, 15) is 9.59 Å². The van der Waals surface area contributed by atoms with Gasteiger partial charge in [-0.3, -0.25) is 9.59 Å². The van der Waals surface area contributed by atoms with Crippen LogP contribution >= 0.6 is 0 Å². The van der Waals surface area contributed by atoms with Gasteiger partial charge in [-0.15, -0.1) is 0 Å². The zero-order chi connectivity index (χ0) is 11.5. The maximum absolute atomic E-state index is 11.0. The van der Waals surface area contributed by atoms with Crippen LogP contribution in [0.5, 0.6) is 0 Å². The number of nitrogens with zero attached hydrogens (tertiary/aromatic N) is 3. The Bertz CT molecular complexity index is 532. The lowest BCUT2D eigenvalue weighted by Crippen LogP contribution is -2.06.